The Kier molecular flexibility index (Phi) is 6.45. The fourth-order valence-electron chi connectivity index (χ4n) is 3.27. The van der Waals surface area contributed by atoms with Gasteiger partial charge in [0.05, 0.1) is 12.8 Å². The van der Waals surface area contributed by atoms with Crippen LogP contribution < -0.4 is 15.4 Å². The fraction of sp³-hybridized carbons (Fsp3) is 0.208. The van der Waals surface area contributed by atoms with Crippen molar-refractivity contribution in [2.45, 2.75) is 26.4 Å². The van der Waals surface area contributed by atoms with Crippen molar-refractivity contribution in [3.05, 3.63) is 95.1 Å². The van der Waals surface area contributed by atoms with E-state index in [1.165, 1.54) is 11.1 Å². The van der Waals surface area contributed by atoms with Gasteiger partial charge >= 0.3 is 0 Å². The molecule has 0 radical (unpaired) electrons. The number of methoxy groups -OCH3 is 1. The number of amides is 1. The molecule has 0 aliphatic heterocycles. The quantitative estimate of drug-likeness (QED) is 0.661. The zero-order chi connectivity index (χ0) is 19.9. The minimum atomic E-state index is -0.356. The zero-order valence-electron chi connectivity index (χ0n) is 16.6. The van der Waals surface area contributed by atoms with Crippen LogP contribution in [0.4, 0.5) is 5.69 Å². The lowest BCUT2D eigenvalue weighted by atomic mass is 10.0. The lowest BCUT2D eigenvalue weighted by Crippen LogP contribution is -2.85. The third kappa shape index (κ3) is 4.78. The van der Waals surface area contributed by atoms with E-state index < -0.39 is 0 Å². The van der Waals surface area contributed by atoms with Gasteiger partial charge < -0.3 is 15.4 Å². The van der Waals surface area contributed by atoms with Gasteiger partial charge in [0.15, 0.2) is 6.04 Å². The number of nitrogens with one attached hydrogen (secondary N) is 1. The number of hydrogen-bond acceptors (Lipinski definition) is 2. The fourth-order valence-corrected chi connectivity index (χ4v) is 3.27. The first-order valence-electron chi connectivity index (χ1n) is 9.47. The highest BCUT2D eigenvalue weighted by Crippen LogP contribution is 2.26. The Hall–Kier alpha value is -3.11. The van der Waals surface area contributed by atoms with Crippen molar-refractivity contribution in [1.82, 2.24) is 0 Å². The maximum absolute atomic E-state index is 13.2. The Morgan fingerprint density at radius 2 is 1.71 bits per heavy atom. The Morgan fingerprint density at radius 1 is 1.00 bits per heavy atom. The van der Waals surface area contributed by atoms with Crippen molar-refractivity contribution >= 4 is 11.6 Å². The van der Waals surface area contributed by atoms with Gasteiger partial charge in [0.25, 0.3) is 5.91 Å². The number of carbonyl (C=O) groups excluding carboxylic acids is 1. The summed E-state index contributed by atoms with van der Waals surface area (Å²) in [4.78, 5) is 13.2. The molecule has 0 unspecified atom stereocenters. The van der Waals surface area contributed by atoms with Gasteiger partial charge in [-0.1, -0.05) is 60.7 Å². The number of nitrogens with two attached hydrogens (primary N) is 1. The van der Waals surface area contributed by atoms with Gasteiger partial charge in [-0.15, -0.1) is 0 Å². The standard InChI is InChI=1S/C24H26N2O2/c1-17-13-14-22(28-3)21(15-17)26-24(27)23(19-10-5-4-6-11-19)25-16-20-12-8-7-9-18(20)2/h4-15,23,25H,16H2,1-3H3,(H,26,27)/p+1/t23-/m1/s1. The van der Waals surface area contributed by atoms with E-state index in [2.05, 4.69) is 29.7 Å². The summed E-state index contributed by atoms with van der Waals surface area (Å²) in [6, 6.07) is 23.6. The van der Waals surface area contributed by atoms with Crippen LogP contribution in [-0.2, 0) is 11.3 Å². The van der Waals surface area contributed by atoms with Crippen LogP contribution in [-0.4, -0.2) is 13.0 Å². The molecular formula is C24H27N2O2+. The molecule has 0 spiro atoms. The number of carbonyl (C=O) groups is 1. The van der Waals surface area contributed by atoms with Crippen LogP contribution in [0.15, 0.2) is 72.8 Å². The van der Waals surface area contributed by atoms with Crippen molar-refractivity contribution in [3.63, 3.8) is 0 Å². The van der Waals surface area contributed by atoms with Gasteiger partial charge in [0.2, 0.25) is 0 Å². The number of hydrogen-bond donors (Lipinski definition) is 2. The molecule has 0 aliphatic rings. The van der Waals surface area contributed by atoms with Gasteiger partial charge in [-0.05, 0) is 37.1 Å². The molecule has 28 heavy (non-hydrogen) atoms. The van der Waals surface area contributed by atoms with Crippen molar-refractivity contribution in [2.24, 2.45) is 0 Å². The molecule has 0 aliphatic carbocycles. The number of benzene rings is 3. The maximum atomic E-state index is 13.2. The number of aryl methyl sites for hydroxylation is 2. The van der Waals surface area contributed by atoms with Crippen LogP contribution in [0.3, 0.4) is 0 Å². The van der Waals surface area contributed by atoms with E-state index in [4.69, 9.17) is 4.74 Å². The molecule has 0 bridgehead atoms. The summed E-state index contributed by atoms with van der Waals surface area (Å²) in [7, 11) is 1.61. The van der Waals surface area contributed by atoms with E-state index in [0.717, 1.165) is 17.7 Å². The summed E-state index contributed by atoms with van der Waals surface area (Å²) in [6.07, 6.45) is 0. The topological polar surface area (TPSA) is 54.9 Å². The smallest absolute Gasteiger partial charge is 0.287 e. The number of anilines is 1. The van der Waals surface area contributed by atoms with Crippen molar-refractivity contribution in [3.8, 4) is 5.75 Å². The summed E-state index contributed by atoms with van der Waals surface area (Å²) in [5.41, 5.74) is 5.19. The molecule has 1 atom stereocenters. The molecule has 3 aromatic carbocycles. The second-order valence-electron chi connectivity index (χ2n) is 6.95. The molecule has 0 saturated carbocycles. The number of rotatable bonds is 7. The van der Waals surface area contributed by atoms with Crippen LogP contribution in [0.1, 0.15) is 28.3 Å². The van der Waals surface area contributed by atoms with Gasteiger partial charge in [-0.2, -0.15) is 0 Å². The third-order valence-electron chi connectivity index (χ3n) is 4.89. The van der Waals surface area contributed by atoms with Crippen LogP contribution in [0.5, 0.6) is 5.75 Å². The first kappa shape index (κ1) is 19.6. The second-order valence-corrected chi connectivity index (χ2v) is 6.95. The highest BCUT2D eigenvalue weighted by Gasteiger charge is 2.25. The van der Waals surface area contributed by atoms with Gasteiger partial charge in [0, 0.05) is 11.1 Å². The first-order chi connectivity index (χ1) is 13.6. The average molecular weight is 375 g/mol. The van der Waals surface area contributed by atoms with Crippen molar-refractivity contribution < 1.29 is 14.8 Å². The molecule has 4 nitrogen and oxygen atoms in total. The van der Waals surface area contributed by atoms with Gasteiger partial charge in [-0.25, -0.2) is 0 Å². The van der Waals surface area contributed by atoms with E-state index in [0.29, 0.717) is 11.4 Å². The summed E-state index contributed by atoms with van der Waals surface area (Å²) < 4.78 is 5.41. The van der Waals surface area contributed by atoms with E-state index in [-0.39, 0.29) is 11.9 Å². The molecule has 0 fully saturated rings. The number of ether oxygens (including phenoxy) is 1. The minimum absolute atomic E-state index is 0.0660. The van der Waals surface area contributed by atoms with E-state index in [1.807, 2.05) is 67.6 Å². The monoisotopic (exact) mass is 375 g/mol. The SMILES string of the molecule is COc1ccc(C)cc1NC(=O)[C@H]([NH2+]Cc1ccccc1C)c1ccccc1. The molecule has 1 amide bonds. The van der Waals surface area contributed by atoms with Crippen molar-refractivity contribution in [2.75, 3.05) is 12.4 Å². The molecular weight excluding hydrogens is 348 g/mol. The van der Waals surface area contributed by atoms with Crippen LogP contribution in [0, 0.1) is 13.8 Å². The molecule has 3 rings (SSSR count). The van der Waals surface area contributed by atoms with Crippen LogP contribution in [0.2, 0.25) is 0 Å². The summed E-state index contributed by atoms with van der Waals surface area (Å²) >= 11 is 0. The largest absolute Gasteiger partial charge is 0.495 e. The summed E-state index contributed by atoms with van der Waals surface area (Å²) in [6.45, 7) is 4.82. The third-order valence-corrected chi connectivity index (χ3v) is 4.89. The highest BCUT2D eigenvalue weighted by atomic mass is 16.5. The predicted molar refractivity (Wildman–Crippen MR) is 112 cm³/mol. The Bertz CT molecular complexity index is 938. The molecule has 4 heteroatoms. The predicted octanol–water partition coefficient (Wildman–Crippen LogP) is 3.76. The minimum Gasteiger partial charge on any atom is -0.495 e. The zero-order valence-corrected chi connectivity index (χ0v) is 16.6. The normalized spacial score (nSPS) is 11.7. The van der Waals surface area contributed by atoms with Crippen molar-refractivity contribution in [1.29, 1.82) is 0 Å². The Morgan fingerprint density at radius 3 is 2.43 bits per heavy atom. The van der Waals surface area contributed by atoms with E-state index >= 15 is 0 Å². The first-order valence-corrected chi connectivity index (χ1v) is 9.47. The van der Waals surface area contributed by atoms with E-state index in [9.17, 15) is 4.79 Å². The van der Waals surface area contributed by atoms with Crippen LogP contribution in [0.25, 0.3) is 0 Å². The van der Waals surface area contributed by atoms with E-state index in [1.54, 1.807) is 7.11 Å². The highest BCUT2D eigenvalue weighted by molar-refractivity contribution is 5.95. The molecule has 3 N–H and O–H groups in total. The average Bonchev–Trinajstić information content (AvgIpc) is 2.70. The molecule has 144 valence electrons. The summed E-state index contributed by atoms with van der Waals surface area (Å²) in [5.74, 6) is 0.591. The maximum Gasteiger partial charge on any atom is 0.287 e. The molecule has 0 heterocycles. The van der Waals surface area contributed by atoms with Gasteiger partial charge in [-0.3, -0.25) is 4.79 Å². The Labute approximate surface area is 166 Å². The molecule has 0 aromatic heterocycles. The molecule has 3 aromatic rings. The Balaban J connectivity index is 1.84. The van der Waals surface area contributed by atoms with Crippen LogP contribution >= 0.6 is 0 Å². The lowest BCUT2D eigenvalue weighted by Gasteiger charge is -2.18. The lowest BCUT2D eigenvalue weighted by molar-refractivity contribution is -0.697. The molecule has 0 saturated heterocycles. The number of quaternary nitrogens is 1. The summed E-state index contributed by atoms with van der Waals surface area (Å²) in [5, 5.41) is 5.14. The van der Waals surface area contributed by atoms with Gasteiger partial charge in [0.1, 0.15) is 12.3 Å². The second kappa shape index (κ2) is 9.20.